The van der Waals surface area contributed by atoms with Crippen LogP contribution in [0.1, 0.15) is 15.5 Å². The standard InChI is InChI=1S/C10H13N3O3S2/c14-9(6-4-17-2-1-11-6)12-3-8-13-7(5-18-8)10(15)16/h5-6,11H,1-4H2,(H,12,14)(H,15,16). The molecule has 0 bridgehead atoms. The first-order valence-electron chi connectivity index (χ1n) is 5.43. The van der Waals surface area contributed by atoms with E-state index in [-0.39, 0.29) is 24.2 Å². The van der Waals surface area contributed by atoms with Crippen LogP contribution in [0.15, 0.2) is 5.38 Å². The Kier molecular flexibility index (Phi) is 4.56. The number of carboxylic acid groups (broad SMARTS) is 1. The quantitative estimate of drug-likeness (QED) is 0.731. The van der Waals surface area contributed by atoms with Crippen LogP contribution < -0.4 is 10.6 Å². The molecular weight excluding hydrogens is 274 g/mol. The second-order valence-electron chi connectivity index (χ2n) is 3.73. The molecule has 1 amide bonds. The number of nitrogens with zero attached hydrogens (tertiary/aromatic N) is 1. The van der Waals surface area contributed by atoms with Gasteiger partial charge in [0.1, 0.15) is 5.01 Å². The van der Waals surface area contributed by atoms with Crippen LogP contribution in [0.5, 0.6) is 0 Å². The van der Waals surface area contributed by atoms with Crippen molar-refractivity contribution in [2.24, 2.45) is 0 Å². The van der Waals surface area contributed by atoms with Crippen LogP contribution in [0, 0.1) is 0 Å². The molecule has 0 aliphatic carbocycles. The fourth-order valence-electron chi connectivity index (χ4n) is 1.51. The Labute approximate surface area is 112 Å². The molecule has 2 heterocycles. The predicted octanol–water partition coefficient (Wildman–Crippen LogP) is 0.162. The number of nitrogens with one attached hydrogen (secondary N) is 2. The van der Waals surface area contributed by atoms with E-state index in [1.807, 2.05) is 0 Å². The second kappa shape index (κ2) is 6.17. The first-order valence-corrected chi connectivity index (χ1v) is 7.47. The molecule has 18 heavy (non-hydrogen) atoms. The maximum absolute atomic E-state index is 11.8. The summed E-state index contributed by atoms with van der Waals surface area (Å²) in [5.74, 6) is 0.686. The molecule has 1 saturated heterocycles. The van der Waals surface area contributed by atoms with Crippen molar-refractivity contribution in [2.45, 2.75) is 12.6 Å². The summed E-state index contributed by atoms with van der Waals surface area (Å²) in [6.45, 7) is 1.11. The van der Waals surface area contributed by atoms with Gasteiger partial charge in [-0.2, -0.15) is 11.8 Å². The molecule has 2 rings (SSSR count). The molecule has 1 aliphatic rings. The second-order valence-corrected chi connectivity index (χ2v) is 5.82. The summed E-state index contributed by atoms with van der Waals surface area (Å²) >= 11 is 2.98. The Morgan fingerprint density at radius 2 is 2.44 bits per heavy atom. The van der Waals surface area contributed by atoms with Gasteiger partial charge in [0.2, 0.25) is 5.91 Å². The van der Waals surface area contributed by atoms with Gasteiger partial charge in [-0.15, -0.1) is 11.3 Å². The van der Waals surface area contributed by atoms with Crippen LogP contribution in [0.25, 0.3) is 0 Å². The lowest BCUT2D eigenvalue weighted by molar-refractivity contribution is -0.122. The number of carbonyl (C=O) groups is 2. The SMILES string of the molecule is O=C(O)c1csc(CNC(=O)C2CSCCN2)n1. The highest BCUT2D eigenvalue weighted by atomic mass is 32.2. The molecule has 0 spiro atoms. The van der Waals surface area contributed by atoms with Gasteiger partial charge in [0.25, 0.3) is 0 Å². The van der Waals surface area contributed by atoms with E-state index in [1.165, 1.54) is 16.7 Å². The summed E-state index contributed by atoms with van der Waals surface area (Å²) in [5, 5.41) is 16.7. The third-order valence-corrected chi connectivity index (χ3v) is 4.33. The monoisotopic (exact) mass is 287 g/mol. The fraction of sp³-hybridized carbons (Fsp3) is 0.500. The highest BCUT2D eigenvalue weighted by molar-refractivity contribution is 7.99. The Hall–Kier alpha value is -1.12. The van der Waals surface area contributed by atoms with E-state index < -0.39 is 5.97 Å². The molecule has 1 aromatic heterocycles. The minimum atomic E-state index is -1.05. The molecule has 1 unspecified atom stereocenters. The molecule has 0 radical (unpaired) electrons. The number of thioether (sulfide) groups is 1. The van der Waals surface area contributed by atoms with E-state index in [1.54, 1.807) is 11.8 Å². The van der Waals surface area contributed by atoms with Crippen molar-refractivity contribution in [1.82, 2.24) is 15.6 Å². The fourth-order valence-corrected chi connectivity index (χ4v) is 3.15. The van der Waals surface area contributed by atoms with Crippen molar-refractivity contribution < 1.29 is 14.7 Å². The zero-order chi connectivity index (χ0) is 13.0. The van der Waals surface area contributed by atoms with Crippen LogP contribution in [0.3, 0.4) is 0 Å². The molecule has 0 aromatic carbocycles. The van der Waals surface area contributed by atoms with Gasteiger partial charge in [0.05, 0.1) is 12.6 Å². The Morgan fingerprint density at radius 1 is 1.61 bits per heavy atom. The van der Waals surface area contributed by atoms with Crippen LogP contribution >= 0.6 is 23.1 Å². The summed E-state index contributed by atoms with van der Waals surface area (Å²) in [4.78, 5) is 26.3. The minimum Gasteiger partial charge on any atom is -0.476 e. The summed E-state index contributed by atoms with van der Waals surface area (Å²) in [6, 6.07) is -0.164. The number of thiazole rings is 1. The normalized spacial score (nSPS) is 19.4. The zero-order valence-electron chi connectivity index (χ0n) is 9.51. The molecule has 8 heteroatoms. The third-order valence-electron chi connectivity index (χ3n) is 2.42. The first kappa shape index (κ1) is 13.3. The van der Waals surface area contributed by atoms with Gasteiger partial charge in [0, 0.05) is 23.4 Å². The maximum atomic E-state index is 11.8. The number of aromatic nitrogens is 1. The van der Waals surface area contributed by atoms with Crippen LogP contribution in [-0.2, 0) is 11.3 Å². The molecule has 6 nitrogen and oxygen atoms in total. The smallest absolute Gasteiger partial charge is 0.355 e. The molecule has 3 N–H and O–H groups in total. The molecular formula is C10H13N3O3S2. The van der Waals surface area contributed by atoms with Crippen molar-refractivity contribution in [3.63, 3.8) is 0 Å². The molecule has 1 atom stereocenters. The lowest BCUT2D eigenvalue weighted by atomic mass is 10.3. The summed E-state index contributed by atoms with van der Waals surface area (Å²) in [7, 11) is 0. The van der Waals surface area contributed by atoms with Crippen LogP contribution in [0.2, 0.25) is 0 Å². The van der Waals surface area contributed by atoms with Gasteiger partial charge in [-0.3, -0.25) is 4.79 Å². The van der Waals surface area contributed by atoms with E-state index >= 15 is 0 Å². The average molecular weight is 287 g/mol. The van der Waals surface area contributed by atoms with E-state index in [0.717, 1.165) is 18.1 Å². The number of hydrogen-bond donors (Lipinski definition) is 3. The molecule has 98 valence electrons. The van der Waals surface area contributed by atoms with Gasteiger partial charge < -0.3 is 15.7 Å². The zero-order valence-corrected chi connectivity index (χ0v) is 11.1. The number of carbonyl (C=O) groups excluding carboxylic acids is 1. The van der Waals surface area contributed by atoms with Crippen LogP contribution in [0.4, 0.5) is 0 Å². The van der Waals surface area contributed by atoms with Gasteiger partial charge in [-0.1, -0.05) is 0 Å². The summed E-state index contributed by atoms with van der Waals surface area (Å²) in [5.41, 5.74) is 0.0237. The minimum absolute atomic E-state index is 0.0237. The first-order chi connectivity index (χ1) is 8.66. The molecule has 1 aliphatic heterocycles. The number of rotatable bonds is 4. The van der Waals surface area contributed by atoms with Crippen molar-refractivity contribution >= 4 is 35.0 Å². The Morgan fingerprint density at radius 3 is 3.06 bits per heavy atom. The van der Waals surface area contributed by atoms with E-state index in [9.17, 15) is 9.59 Å². The molecule has 1 aromatic rings. The maximum Gasteiger partial charge on any atom is 0.355 e. The van der Waals surface area contributed by atoms with E-state index in [0.29, 0.717) is 5.01 Å². The van der Waals surface area contributed by atoms with E-state index in [4.69, 9.17) is 5.11 Å². The molecule has 0 saturated carbocycles. The van der Waals surface area contributed by atoms with Gasteiger partial charge in [0.15, 0.2) is 5.69 Å². The predicted molar refractivity (Wildman–Crippen MR) is 70.0 cm³/mol. The van der Waals surface area contributed by atoms with E-state index in [2.05, 4.69) is 15.6 Å². The van der Waals surface area contributed by atoms with Crippen molar-refractivity contribution in [3.8, 4) is 0 Å². The number of hydrogen-bond acceptors (Lipinski definition) is 6. The highest BCUT2D eigenvalue weighted by Gasteiger charge is 2.20. The summed E-state index contributed by atoms with van der Waals surface area (Å²) in [6.07, 6.45) is 0. The van der Waals surface area contributed by atoms with Gasteiger partial charge in [-0.25, -0.2) is 9.78 Å². The molecule has 1 fully saturated rings. The largest absolute Gasteiger partial charge is 0.476 e. The topological polar surface area (TPSA) is 91.3 Å². The Balaban J connectivity index is 1.82. The number of aromatic carboxylic acids is 1. The van der Waals surface area contributed by atoms with Gasteiger partial charge in [-0.05, 0) is 0 Å². The average Bonchev–Trinajstić information content (AvgIpc) is 2.86. The number of amides is 1. The lowest BCUT2D eigenvalue weighted by Gasteiger charge is -2.21. The van der Waals surface area contributed by atoms with Crippen molar-refractivity contribution in [2.75, 3.05) is 18.1 Å². The number of carboxylic acids is 1. The highest BCUT2D eigenvalue weighted by Crippen LogP contribution is 2.10. The van der Waals surface area contributed by atoms with Crippen LogP contribution in [-0.4, -0.2) is 46.1 Å². The Bertz CT molecular complexity index is 443. The van der Waals surface area contributed by atoms with Crippen molar-refractivity contribution in [3.05, 3.63) is 16.1 Å². The third kappa shape index (κ3) is 3.44. The lowest BCUT2D eigenvalue weighted by Crippen LogP contribution is -2.48. The summed E-state index contributed by atoms with van der Waals surface area (Å²) < 4.78 is 0. The van der Waals surface area contributed by atoms with Gasteiger partial charge >= 0.3 is 5.97 Å². The van der Waals surface area contributed by atoms with Crippen molar-refractivity contribution in [1.29, 1.82) is 0 Å².